The molecule has 0 unspecified atom stereocenters. The van der Waals surface area contributed by atoms with E-state index in [1.807, 2.05) is 35.9 Å². The normalized spacial score (nSPS) is 13.1. The third-order valence-corrected chi connectivity index (χ3v) is 4.13. The Bertz CT molecular complexity index is 865. The van der Waals surface area contributed by atoms with E-state index < -0.39 is 0 Å². The van der Waals surface area contributed by atoms with Gasteiger partial charge in [0.1, 0.15) is 0 Å². The summed E-state index contributed by atoms with van der Waals surface area (Å²) in [6.45, 7) is 2.05. The summed E-state index contributed by atoms with van der Waals surface area (Å²) >= 11 is 0. The summed E-state index contributed by atoms with van der Waals surface area (Å²) in [4.78, 5) is 13.8. The van der Waals surface area contributed by atoms with Gasteiger partial charge in [-0.3, -0.25) is 4.79 Å². The highest BCUT2D eigenvalue weighted by atomic mass is 16.2. The first-order chi connectivity index (χ1) is 11.2. The van der Waals surface area contributed by atoms with Crippen LogP contribution in [0.4, 0.5) is 0 Å². The van der Waals surface area contributed by atoms with Crippen molar-refractivity contribution in [1.82, 2.24) is 24.9 Å². The first-order valence-electron chi connectivity index (χ1n) is 7.58. The number of amides is 1. The molecule has 7 heteroatoms. The van der Waals surface area contributed by atoms with Gasteiger partial charge < -0.3 is 0 Å². The van der Waals surface area contributed by atoms with Crippen LogP contribution in [0, 0.1) is 6.92 Å². The lowest BCUT2D eigenvalue weighted by Gasteiger charge is -2.08. The van der Waals surface area contributed by atoms with Gasteiger partial charge in [0.25, 0.3) is 5.91 Å². The minimum Gasteiger partial charge on any atom is -0.265 e. The highest BCUT2D eigenvalue weighted by molar-refractivity contribution is 5.99. The van der Waals surface area contributed by atoms with Crippen LogP contribution < -0.4 is 5.43 Å². The van der Waals surface area contributed by atoms with Gasteiger partial charge in [-0.25, -0.2) is 10.1 Å². The SMILES string of the molecule is Cc1ccccc1-n1nc(C(=O)Nn2ccnn2)c2c1CCC2. The van der Waals surface area contributed by atoms with E-state index in [1.54, 1.807) is 6.20 Å². The number of para-hydroxylation sites is 1. The third kappa shape index (κ3) is 2.30. The van der Waals surface area contributed by atoms with Crippen molar-refractivity contribution in [2.24, 2.45) is 0 Å². The summed E-state index contributed by atoms with van der Waals surface area (Å²) in [6, 6.07) is 8.06. The van der Waals surface area contributed by atoms with Gasteiger partial charge >= 0.3 is 0 Å². The van der Waals surface area contributed by atoms with Crippen LogP contribution in [0.1, 0.15) is 33.7 Å². The quantitative estimate of drug-likeness (QED) is 0.798. The van der Waals surface area contributed by atoms with Gasteiger partial charge in [0.2, 0.25) is 0 Å². The lowest BCUT2D eigenvalue weighted by atomic mass is 10.2. The molecule has 0 saturated carbocycles. The number of fused-ring (bicyclic) bond motifs is 1. The van der Waals surface area contributed by atoms with E-state index >= 15 is 0 Å². The van der Waals surface area contributed by atoms with Crippen molar-refractivity contribution < 1.29 is 4.79 Å². The minimum absolute atomic E-state index is 0.263. The maximum atomic E-state index is 12.5. The van der Waals surface area contributed by atoms with Crippen LogP contribution >= 0.6 is 0 Å². The largest absolute Gasteiger partial charge is 0.292 e. The number of nitrogens with one attached hydrogen (secondary N) is 1. The molecule has 23 heavy (non-hydrogen) atoms. The van der Waals surface area contributed by atoms with Crippen molar-refractivity contribution in [3.8, 4) is 5.69 Å². The number of aryl methyl sites for hydroxylation is 1. The van der Waals surface area contributed by atoms with E-state index in [9.17, 15) is 4.79 Å². The maximum Gasteiger partial charge on any atom is 0.292 e. The van der Waals surface area contributed by atoms with E-state index in [4.69, 9.17) is 0 Å². The second kappa shape index (κ2) is 5.35. The summed E-state index contributed by atoms with van der Waals surface area (Å²) < 4.78 is 1.91. The van der Waals surface area contributed by atoms with Gasteiger partial charge in [-0.1, -0.05) is 18.2 Å². The second-order valence-corrected chi connectivity index (χ2v) is 5.61. The van der Waals surface area contributed by atoms with Crippen molar-refractivity contribution in [2.75, 3.05) is 5.43 Å². The van der Waals surface area contributed by atoms with Gasteiger partial charge in [0.15, 0.2) is 5.69 Å². The first kappa shape index (κ1) is 13.7. The Balaban J connectivity index is 1.76. The monoisotopic (exact) mass is 308 g/mol. The summed E-state index contributed by atoms with van der Waals surface area (Å²) in [5, 5.41) is 12.0. The fourth-order valence-corrected chi connectivity index (χ4v) is 3.04. The van der Waals surface area contributed by atoms with E-state index in [-0.39, 0.29) is 5.91 Å². The zero-order valence-corrected chi connectivity index (χ0v) is 12.7. The summed E-state index contributed by atoms with van der Waals surface area (Å²) in [7, 11) is 0. The molecule has 2 aromatic heterocycles. The maximum absolute atomic E-state index is 12.5. The summed E-state index contributed by atoms with van der Waals surface area (Å²) in [5.41, 5.74) is 7.46. The number of aromatic nitrogens is 5. The molecule has 1 aliphatic carbocycles. The van der Waals surface area contributed by atoms with E-state index in [1.165, 1.54) is 11.0 Å². The van der Waals surface area contributed by atoms with Crippen LogP contribution in [0.2, 0.25) is 0 Å². The Kier molecular flexibility index (Phi) is 3.18. The molecule has 7 nitrogen and oxygen atoms in total. The highest BCUT2D eigenvalue weighted by Crippen LogP contribution is 2.28. The molecule has 1 amide bonds. The van der Waals surface area contributed by atoms with E-state index in [2.05, 4.69) is 20.8 Å². The number of carbonyl (C=O) groups is 1. The molecule has 1 aromatic carbocycles. The molecule has 0 saturated heterocycles. The summed E-state index contributed by atoms with van der Waals surface area (Å²) in [6.07, 6.45) is 5.95. The number of carbonyl (C=O) groups excluding carboxylic acids is 1. The molecule has 1 N–H and O–H groups in total. The Morgan fingerprint density at radius 1 is 1.26 bits per heavy atom. The van der Waals surface area contributed by atoms with Gasteiger partial charge in [-0.15, -0.1) is 5.10 Å². The fourth-order valence-electron chi connectivity index (χ4n) is 3.04. The molecule has 0 atom stereocenters. The second-order valence-electron chi connectivity index (χ2n) is 5.61. The molecule has 0 radical (unpaired) electrons. The lowest BCUT2D eigenvalue weighted by Crippen LogP contribution is -2.24. The molecule has 1 aliphatic rings. The smallest absolute Gasteiger partial charge is 0.265 e. The van der Waals surface area contributed by atoms with E-state index in [0.717, 1.165) is 41.8 Å². The van der Waals surface area contributed by atoms with Crippen molar-refractivity contribution in [1.29, 1.82) is 0 Å². The molecule has 0 spiro atoms. The molecule has 116 valence electrons. The van der Waals surface area contributed by atoms with Crippen LogP contribution in [-0.4, -0.2) is 30.8 Å². The standard InChI is InChI=1S/C16H16N6O/c1-11-5-2-3-7-13(11)22-14-8-4-6-12(14)15(18-22)16(23)19-21-10-9-17-20-21/h2-3,5,7,9-10H,4,6,8H2,1H3,(H,19,23). The fraction of sp³-hybridized carbons (Fsp3) is 0.250. The average molecular weight is 308 g/mol. The lowest BCUT2D eigenvalue weighted by molar-refractivity contribution is 0.0998. The number of benzene rings is 1. The third-order valence-electron chi connectivity index (χ3n) is 4.13. The average Bonchev–Trinajstić information content (AvgIpc) is 3.24. The molecule has 0 fully saturated rings. The molecule has 4 rings (SSSR count). The van der Waals surface area contributed by atoms with Crippen LogP contribution in [0.5, 0.6) is 0 Å². The Morgan fingerprint density at radius 3 is 2.91 bits per heavy atom. The zero-order valence-electron chi connectivity index (χ0n) is 12.7. The van der Waals surface area contributed by atoms with Gasteiger partial charge in [0, 0.05) is 11.3 Å². The van der Waals surface area contributed by atoms with Crippen molar-refractivity contribution in [3.05, 3.63) is 59.2 Å². The minimum atomic E-state index is -0.263. The van der Waals surface area contributed by atoms with Crippen LogP contribution in [0.3, 0.4) is 0 Å². The Hall–Kier alpha value is -2.96. The van der Waals surface area contributed by atoms with Crippen molar-refractivity contribution >= 4 is 5.91 Å². The van der Waals surface area contributed by atoms with Gasteiger partial charge in [-0.2, -0.15) is 9.89 Å². The first-order valence-corrected chi connectivity index (χ1v) is 7.58. The van der Waals surface area contributed by atoms with Crippen molar-refractivity contribution in [3.63, 3.8) is 0 Å². The van der Waals surface area contributed by atoms with Crippen LogP contribution in [0.25, 0.3) is 5.69 Å². The Labute approximate surface area is 132 Å². The van der Waals surface area contributed by atoms with Gasteiger partial charge in [-0.05, 0) is 43.0 Å². The molecule has 0 bridgehead atoms. The molecule has 2 heterocycles. The number of rotatable bonds is 3. The van der Waals surface area contributed by atoms with Crippen LogP contribution in [0.15, 0.2) is 36.7 Å². The molecule has 0 aliphatic heterocycles. The Morgan fingerprint density at radius 2 is 2.13 bits per heavy atom. The van der Waals surface area contributed by atoms with Crippen molar-refractivity contribution in [2.45, 2.75) is 26.2 Å². The number of hydrogen-bond donors (Lipinski definition) is 1. The van der Waals surface area contributed by atoms with Crippen LogP contribution in [-0.2, 0) is 12.8 Å². The zero-order chi connectivity index (χ0) is 15.8. The predicted molar refractivity (Wildman–Crippen MR) is 84.0 cm³/mol. The predicted octanol–water partition coefficient (Wildman–Crippen LogP) is 1.64. The summed E-state index contributed by atoms with van der Waals surface area (Å²) in [5.74, 6) is -0.263. The molecular formula is C16H16N6O. The number of hydrogen-bond acceptors (Lipinski definition) is 4. The number of nitrogens with zero attached hydrogens (tertiary/aromatic N) is 5. The van der Waals surface area contributed by atoms with E-state index in [0.29, 0.717) is 5.69 Å². The molecule has 3 aromatic rings. The topological polar surface area (TPSA) is 77.6 Å². The molecular weight excluding hydrogens is 292 g/mol. The van der Waals surface area contributed by atoms with Gasteiger partial charge in [0.05, 0.1) is 18.1 Å². The highest BCUT2D eigenvalue weighted by Gasteiger charge is 2.27.